The highest BCUT2D eigenvalue weighted by atomic mass is 16.5. The Kier molecular flexibility index (Phi) is 7.32. The number of amides is 2. The molecule has 0 aromatic carbocycles. The topological polar surface area (TPSA) is 90.3 Å². The van der Waals surface area contributed by atoms with Crippen LogP contribution in [0.1, 0.15) is 19.3 Å². The summed E-state index contributed by atoms with van der Waals surface area (Å²) in [7, 11) is 1.56. The zero-order chi connectivity index (χ0) is 15.0. The number of carboxylic acid groups (broad SMARTS) is 1. The molecule has 1 aliphatic heterocycles. The predicted molar refractivity (Wildman–Crippen MR) is 72.5 cm³/mol. The summed E-state index contributed by atoms with van der Waals surface area (Å²) in [6, 6.07) is -0.147. The maximum Gasteiger partial charge on any atom is 0.320 e. The first kappa shape index (κ1) is 16.7. The molecule has 1 rings (SSSR count). The van der Waals surface area contributed by atoms with Gasteiger partial charge in [-0.05, 0) is 18.8 Å². The average molecular weight is 288 g/mol. The Morgan fingerprint density at radius 1 is 1.40 bits per heavy atom. The first-order chi connectivity index (χ1) is 9.58. The molecule has 1 aliphatic rings. The highest BCUT2D eigenvalue weighted by molar-refractivity contribution is 5.74. The molecule has 1 heterocycles. The summed E-state index contributed by atoms with van der Waals surface area (Å²) < 4.78 is 4.96. The van der Waals surface area contributed by atoms with Crippen molar-refractivity contribution in [1.29, 1.82) is 0 Å². The number of carboxylic acids is 1. The van der Waals surface area contributed by atoms with Crippen LogP contribution in [0, 0.1) is 5.92 Å². The number of nitrogens with zero attached hydrogens (tertiary/aromatic N) is 2. The SMILES string of the molecule is COCCN(CCO)C(=O)N1CCCC(CC(=O)O)C1. The van der Waals surface area contributed by atoms with Crippen molar-refractivity contribution < 1.29 is 24.5 Å². The molecule has 1 atom stereocenters. The van der Waals surface area contributed by atoms with Gasteiger partial charge in [-0.25, -0.2) is 4.79 Å². The van der Waals surface area contributed by atoms with E-state index >= 15 is 0 Å². The largest absolute Gasteiger partial charge is 0.481 e. The summed E-state index contributed by atoms with van der Waals surface area (Å²) in [5.41, 5.74) is 0. The molecule has 7 nitrogen and oxygen atoms in total. The molecule has 0 aliphatic carbocycles. The number of carbonyl (C=O) groups is 2. The van der Waals surface area contributed by atoms with E-state index < -0.39 is 5.97 Å². The van der Waals surface area contributed by atoms with Crippen molar-refractivity contribution in [2.45, 2.75) is 19.3 Å². The minimum atomic E-state index is -0.823. The average Bonchev–Trinajstić information content (AvgIpc) is 2.42. The van der Waals surface area contributed by atoms with E-state index in [0.29, 0.717) is 26.2 Å². The zero-order valence-corrected chi connectivity index (χ0v) is 12.0. The molecule has 0 saturated carbocycles. The molecule has 0 aromatic heterocycles. The maximum atomic E-state index is 12.4. The summed E-state index contributed by atoms with van der Waals surface area (Å²) in [5.74, 6) is -0.806. The van der Waals surface area contributed by atoms with Crippen LogP contribution in [0.3, 0.4) is 0 Å². The monoisotopic (exact) mass is 288 g/mol. The Morgan fingerprint density at radius 3 is 2.75 bits per heavy atom. The number of aliphatic hydroxyl groups is 1. The zero-order valence-electron chi connectivity index (χ0n) is 12.0. The highest BCUT2D eigenvalue weighted by Gasteiger charge is 2.27. The number of urea groups is 1. The van der Waals surface area contributed by atoms with Gasteiger partial charge in [0.25, 0.3) is 0 Å². The number of likely N-dealkylation sites (tertiary alicyclic amines) is 1. The van der Waals surface area contributed by atoms with Gasteiger partial charge in [-0.3, -0.25) is 4.79 Å². The van der Waals surface area contributed by atoms with Gasteiger partial charge in [0.05, 0.1) is 13.2 Å². The van der Waals surface area contributed by atoms with Gasteiger partial charge in [0.15, 0.2) is 0 Å². The maximum absolute atomic E-state index is 12.4. The number of methoxy groups -OCH3 is 1. The number of hydrogen-bond acceptors (Lipinski definition) is 4. The number of aliphatic carboxylic acids is 1. The van der Waals surface area contributed by atoms with E-state index in [1.807, 2.05) is 0 Å². The Bertz CT molecular complexity index is 324. The molecule has 0 radical (unpaired) electrons. The van der Waals surface area contributed by atoms with Crippen molar-refractivity contribution in [2.75, 3.05) is 46.5 Å². The van der Waals surface area contributed by atoms with Gasteiger partial charge in [-0.1, -0.05) is 0 Å². The molecule has 0 bridgehead atoms. The lowest BCUT2D eigenvalue weighted by Gasteiger charge is -2.36. The van der Waals surface area contributed by atoms with Crippen LogP contribution in [0.25, 0.3) is 0 Å². The summed E-state index contributed by atoms with van der Waals surface area (Å²) in [5, 5.41) is 17.9. The Morgan fingerprint density at radius 2 is 2.15 bits per heavy atom. The van der Waals surface area contributed by atoms with Crippen molar-refractivity contribution >= 4 is 12.0 Å². The molecular weight excluding hydrogens is 264 g/mol. The lowest BCUT2D eigenvalue weighted by molar-refractivity contribution is -0.138. The standard InChI is InChI=1S/C13H24N2O5/c1-20-8-6-14(5-7-16)13(19)15-4-2-3-11(10-15)9-12(17)18/h11,16H,2-10H2,1H3,(H,17,18). The molecule has 0 aromatic rings. The highest BCUT2D eigenvalue weighted by Crippen LogP contribution is 2.20. The molecule has 2 N–H and O–H groups in total. The fourth-order valence-corrected chi connectivity index (χ4v) is 2.48. The minimum absolute atomic E-state index is 0.0172. The van der Waals surface area contributed by atoms with Crippen molar-refractivity contribution in [3.63, 3.8) is 0 Å². The predicted octanol–water partition coefficient (Wildman–Crippen LogP) is 0.234. The van der Waals surface area contributed by atoms with Crippen LogP contribution >= 0.6 is 0 Å². The fourth-order valence-electron chi connectivity index (χ4n) is 2.48. The molecule has 7 heteroatoms. The van der Waals surface area contributed by atoms with E-state index in [9.17, 15) is 9.59 Å². The van der Waals surface area contributed by atoms with Gasteiger partial charge in [0.2, 0.25) is 0 Å². The normalized spacial score (nSPS) is 18.9. The number of ether oxygens (including phenoxy) is 1. The van der Waals surface area contributed by atoms with E-state index in [-0.39, 0.29) is 31.5 Å². The van der Waals surface area contributed by atoms with Crippen LogP contribution in [0.4, 0.5) is 4.79 Å². The molecule has 20 heavy (non-hydrogen) atoms. The number of rotatable bonds is 7. The summed E-state index contributed by atoms with van der Waals surface area (Å²) in [6.07, 6.45) is 1.76. The third kappa shape index (κ3) is 5.34. The lowest BCUT2D eigenvalue weighted by atomic mass is 9.95. The van der Waals surface area contributed by atoms with Gasteiger partial charge >= 0.3 is 12.0 Å². The summed E-state index contributed by atoms with van der Waals surface area (Å²) in [6.45, 7) is 2.13. The quantitative estimate of drug-likeness (QED) is 0.700. The Labute approximate surface area is 119 Å². The molecular formula is C13H24N2O5. The first-order valence-corrected chi connectivity index (χ1v) is 6.94. The van der Waals surface area contributed by atoms with Crippen molar-refractivity contribution in [3.8, 4) is 0 Å². The van der Waals surface area contributed by atoms with Crippen LogP contribution in [0.2, 0.25) is 0 Å². The van der Waals surface area contributed by atoms with Crippen LogP contribution in [0.15, 0.2) is 0 Å². The van der Waals surface area contributed by atoms with Gasteiger partial charge in [-0.2, -0.15) is 0 Å². The second-order valence-corrected chi connectivity index (χ2v) is 5.04. The van der Waals surface area contributed by atoms with Crippen LogP contribution in [0.5, 0.6) is 0 Å². The second kappa shape index (κ2) is 8.76. The van der Waals surface area contributed by atoms with Gasteiger partial charge in [0, 0.05) is 39.7 Å². The minimum Gasteiger partial charge on any atom is -0.481 e. The fraction of sp³-hybridized carbons (Fsp3) is 0.846. The van der Waals surface area contributed by atoms with E-state index in [1.54, 1.807) is 16.9 Å². The molecule has 1 fully saturated rings. The smallest absolute Gasteiger partial charge is 0.320 e. The van der Waals surface area contributed by atoms with Gasteiger partial charge in [-0.15, -0.1) is 0 Å². The third-order valence-corrected chi connectivity index (χ3v) is 3.46. The Balaban J connectivity index is 2.56. The molecule has 1 unspecified atom stereocenters. The number of piperidine rings is 1. The molecule has 1 saturated heterocycles. The summed E-state index contributed by atoms with van der Waals surface area (Å²) >= 11 is 0. The first-order valence-electron chi connectivity index (χ1n) is 6.94. The van der Waals surface area contributed by atoms with Crippen LogP contribution < -0.4 is 0 Å². The third-order valence-electron chi connectivity index (χ3n) is 3.46. The number of carbonyl (C=O) groups excluding carboxylic acids is 1. The van der Waals surface area contributed by atoms with Crippen molar-refractivity contribution in [2.24, 2.45) is 5.92 Å². The number of aliphatic hydroxyl groups excluding tert-OH is 1. The Hall–Kier alpha value is -1.34. The van der Waals surface area contributed by atoms with Crippen molar-refractivity contribution in [1.82, 2.24) is 9.80 Å². The van der Waals surface area contributed by atoms with Gasteiger partial charge in [0.1, 0.15) is 0 Å². The van der Waals surface area contributed by atoms with E-state index in [1.165, 1.54) is 0 Å². The van der Waals surface area contributed by atoms with E-state index in [4.69, 9.17) is 14.9 Å². The van der Waals surface area contributed by atoms with Crippen LogP contribution in [-0.2, 0) is 9.53 Å². The van der Waals surface area contributed by atoms with Gasteiger partial charge < -0.3 is 24.7 Å². The molecule has 0 spiro atoms. The van der Waals surface area contributed by atoms with Crippen LogP contribution in [-0.4, -0.2) is 78.5 Å². The second-order valence-electron chi connectivity index (χ2n) is 5.04. The van der Waals surface area contributed by atoms with E-state index in [0.717, 1.165) is 12.8 Å². The molecule has 2 amide bonds. The van der Waals surface area contributed by atoms with E-state index in [2.05, 4.69) is 0 Å². The summed E-state index contributed by atoms with van der Waals surface area (Å²) in [4.78, 5) is 26.4. The lowest BCUT2D eigenvalue weighted by Crippen LogP contribution is -2.49. The molecule has 116 valence electrons. The number of hydrogen-bond donors (Lipinski definition) is 2. The van der Waals surface area contributed by atoms with Crippen molar-refractivity contribution in [3.05, 3.63) is 0 Å².